The Morgan fingerprint density at radius 3 is 2.50 bits per heavy atom. The van der Waals surface area contributed by atoms with Crippen molar-refractivity contribution in [1.82, 2.24) is 0 Å². The minimum absolute atomic E-state index is 0.0499. The number of nitrogens with two attached hydrogens (primary N) is 1. The SMILES string of the molecule is COCCOc1cc(OCC(F)(F)F)ccc1N. The number of alkyl halides is 3. The van der Waals surface area contributed by atoms with E-state index < -0.39 is 12.8 Å². The number of rotatable bonds is 6. The third-order valence-electron chi connectivity index (χ3n) is 1.93. The van der Waals surface area contributed by atoms with Crippen LogP contribution in [-0.4, -0.2) is 33.1 Å². The van der Waals surface area contributed by atoms with Crippen molar-refractivity contribution in [3.8, 4) is 11.5 Å². The molecule has 1 aromatic rings. The van der Waals surface area contributed by atoms with E-state index in [0.717, 1.165) is 0 Å². The van der Waals surface area contributed by atoms with Crippen LogP contribution in [0.5, 0.6) is 11.5 Å². The van der Waals surface area contributed by atoms with Crippen LogP contribution in [0.1, 0.15) is 0 Å². The van der Waals surface area contributed by atoms with Gasteiger partial charge in [0.25, 0.3) is 0 Å². The van der Waals surface area contributed by atoms with Gasteiger partial charge in [-0.25, -0.2) is 0 Å². The van der Waals surface area contributed by atoms with Crippen molar-refractivity contribution < 1.29 is 27.4 Å². The molecule has 0 fully saturated rings. The quantitative estimate of drug-likeness (QED) is 0.633. The summed E-state index contributed by atoms with van der Waals surface area (Å²) < 4.78 is 50.5. The summed E-state index contributed by atoms with van der Waals surface area (Å²) in [4.78, 5) is 0. The fraction of sp³-hybridized carbons (Fsp3) is 0.455. The Labute approximate surface area is 102 Å². The summed E-state index contributed by atoms with van der Waals surface area (Å²) in [7, 11) is 1.51. The fourth-order valence-corrected chi connectivity index (χ4v) is 1.13. The maximum Gasteiger partial charge on any atom is 0.422 e. The molecule has 0 unspecified atom stereocenters. The lowest BCUT2D eigenvalue weighted by Gasteiger charge is -2.12. The highest BCUT2D eigenvalue weighted by atomic mass is 19.4. The largest absolute Gasteiger partial charge is 0.489 e. The van der Waals surface area contributed by atoms with E-state index >= 15 is 0 Å². The number of methoxy groups -OCH3 is 1. The van der Waals surface area contributed by atoms with E-state index in [4.69, 9.17) is 15.2 Å². The van der Waals surface area contributed by atoms with Crippen LogP contribution in [0.2, 0.25) is 0 Å². The number of halogens is 3. The van der Waals surface area contributed by atoms with Crippen molar-refractivity contribution in [3.05, 3.63) is 18.2 Å². The molecule has 1 aromatic carbocycles. The van der Waals surface area contributed by atoms with Gasteiger partial charge in [0, 0.05) is 13.2 Å². The van der Waals surface area contributed by atoms with Crippen LogP contribution >= 0.6 is 0 Å². The first-order chi connectivity index (χ1) is 8.42. The third-order valence-corrected chi connectivity index (χ3v) is 1.93. The molecule has 0 spiro atoms. The molecule has 0 atom stereocenters. The van der Waals surface area contributed by atoms with Crippen LogP contribution < -0.4 is 15.2 Å². The highest BCUT2D eigenvalue weighted by Gasteiger charge is 2.28. The number of hydrogen-bond acceptors (Lipinski definition) is 4. The summed E-state index contributed by atoms with van der Waals surface area (Å²) in [6.07, 6.45) is -4.38. The summed E-state index contributed by atoms with van der Waals surface area (Å²) in [6.45, 7) is -0.745. The van der Waals surface area contributed by atoms with Crippen molar-refractivity contribution in [1.29, 1.82) is 0 Å². The summed E-state index contributed by atoms with van der Waals surface area (Å²) in [5.41, 5.74) is 5.93. The number of benzene rings is 1. The summed E-state index contributed by atoms with van der Waals surface area (Å²) in [6, 6.07) is 4.09. The first-order valence-electron chi connectivity index (χ1n) is 5.13. The molecule has 0 saturated carbocycles. The maximum atomic E-state index is 12.0. The second-order valence-electron chi connectivity index (χ2n) is 3.44. The molecule has 0 heterocycles. The van der Waals surface area contributed by atoms with Crippen molar-refractivity contribution in [2.24, 2.45) is 0 Å². The minimum atomic E-state index is -4.38. The topological polar surface area (TPSA) is 53.7 Å². The number of nitrogen functional groups attached to an aromatic ring is 1. The lowest BCUT2D eigenvalue weighted by Crippen LogP contribution is -2.19. The lowest BCUT2D eigenvalue weighted by molar-refractivity contribution is -0.153. The average molecular weight is 265 g/mol. The first kappa shape index (κ1) is 14.4. The van der Waals surface area contributed by atoms with Crippen LogP contribution in [0.25, 0.3) is 0 Å². The molecule has 18 heavy (non-hydrogen) atoms. The number of hydrogen-bond donors (Lipinski definition) is 1. The van der Waals surface area contributed by atoms with E-state index in [1.165, 1.54) is 25.3 Å². The predicted octanol–water partition coefficient (Wildman–Crippen LogP) is 2.24. The highest BCUT2D eigenvalue weighted by molar-refractivity contribution is 5.55. The lowest BCUT2D eigenvalue weighted by atomic mass is 10.3. The van der Waals surface area contributed by atoms with Gasteiger partial charge in [0.05, 0.1) is 12.3 Å². The van der Waals surface area contributed by atoms with Crippen LogP contribution in [0.3, 0.4) is 0 Å². The van der Waals surface area contributed by atoms with E-state index in [9.17, 15) is 13.2 Å². The van der Waals surface area contributed by atoms with Gasteiger partial charge in [-0.15, -0.1) is 0 Å². The van der Waals surface area contributed by atoms with Gasteiger partial charge >= 0.3 is 6.18 Å². The van der Waals surface area contributed by atoms with E-state index in [0.29, 0.717) is 12.3 Å². The molecule has 0 bridgehead atoms. The molecule has 4 nitrogen and oxygen atoms in total. The zero-order chi connectivity index (χ0) is 13.6. The van der Waals surface area contributed by atoms with Crippen LogP contribution in [0.4, 0.5) is 18.9 Å². The zero-order valence-electron chi connectivity index (χ0n) is 9.79. The van der Waals surface area contributed by atoms with Gasteiger partial charge in [-0.3, -0.25) is 0 Å². The standard InChI is InChI=1S/C11H14F3NO3/c1-16-4-5-17-10-6-8(2-3-9(10)15)18-7-11(12,13)14/h2-3,6H,4-5,7,15H2,1H3. The molecular formula is C11H14F3NO3. The first-order valence-corrected chi connectivity index (χ1v) is 5.13. The second-order valence-corrected chi connectivity index (χ2v) is 3.44. The maximum absolute atomic E-state index is 12.0. The highest BCUT2D eigenvalue weighted by Crippen LogP contribution is 2.28. The molecule has 0 aromatic heterocycles. The molecule has 7 heteroatoms. The van der Waals surface area contributed by atoms with E-state index in [1.807, 2.05) is 0 Å². The summed E-state index contributed by atoms with van der Waals surface area (Å²) >= 11 is 0. The van der Waals surface area contributed by atoms with Gasteiger partial charge in [0.1, 0.15) is 18.1 Å². The van der Waals surface area contributed by atoms with Crippen LogP contribution in [-0.2, 0) is 4.74 Å². The van der Waals surface area contributed by atoms with Gasteiger partial charge in [-0.05, 0) is 12.1 Å². The smallest absolute Gasteiger partial charge is 0.422 e. The zero-order valence-corrected chi connectivity index (χ0v) is 9.79. The Morgan fingerprint density at radius 1 is 1.17 bits per heavy atom. The van der Waals surface area contributed by atoms with Crippen molar-refractivity contribution in [3.63, 3.8) is 0 Å². The van der Waals surface area contributed by atoms with Crippen LogP contribution in [0.15, 0.2) is 18.2 Å². The Kier molecular flexibility index (Phi) is 5.08. The van der Waals surface area contributed by atoms with Crippen molar-refractivity contribution in [2.75, 3.05) is 32.7 Å². The average Bonchev–Trinajstić information content (AvgIpc) is 2.29. The van der Waals surface area contributed by atoms with Gasteiger partial charge in [-0.1, -0.05) is 0 Å². The van der Waals surface area contributed by atoms with Gasteiger partial charge in [-0.2, -0.15) is 13.2 Å². The molecule has 1 rings (SSSR count). The van der Waals surface area contributed by atoms with Crippen LogP contribution in [0, 0.1) is 0 Å². The molecule has 0 saturated heterocycles. The minimum Gasteiger partial charge on any atom is -0.489 e. The summed E-state index contributed by atoms with van der Waals surface area (Å²) in [5, 5.41) is 0. The summed E-state index contributed by atoms with van der Waals surface area (Å²) in [5.74, 6) is 0.320. The molecule has 0 amide bonds. The fourth-order valence-electron chi connectivity index (χ4n) is 1.13. The molecule has 0 aliphatic carbocycles. The van der Waals surface area contributed by atoms with E-state index in [2.05, 4.69) is 4.74 Å². The molecule has 102 valence electrons. The van der Waals surface area contributed by atoms with E-state index in [1.54, 1.807) is 0 Å². The Balaban J connectivity index is 2.62. The second kappa shape index (κ2) is 6.34. The predicted molar refractivity (Wildman–Crippen MR) is 59.8 cm³/mol. The molecule has 0 radical (unpaired) electrons. The van der Waals surface area contributed by atoms with E-state index in [-0.39, 0.29) is 18.1 Å². The van der Waals surface area contributed by atoms with Gasteiger partial charge < -0.3 is 19.9 Å². The Morgan fingerprint density at radius 2 is 1.89 bits per heavy atom. The molecule has 0 aliphatic rings. The Bertz CT molecular complexity index is 382. The third kappa shape index (κ3) is 5.13. The van der Waals surface area contributed by atoms with Gasteiger partial charge in [0.2, 0.25) is 0 Å². The normalized spacial score (nSPS) is 11.3. The van der Waals surface area contributed by atoms with Gasteiger partial charge in [0.15, 0.2) is 6.61 Å². The number of ether oxygens (including phenoxy) is 3. The monoisotopic (exact) mass is 265 g/mol. The molecule has 0 aliphatic heterocycles. The number of anilines is 1. The molecular weight excluding hydrogens is 251 g/mol. The van der Waals surface area contributed by atoms with Crippen molar-refractivity contribution >= 4 is 5.69 Å². The Hall–Kier alpha value is -1.63. The molecule has 2 N–H and O–H groups in total. The van der Waals surface area contributed by atoms with Crippen molar-refractivity contribution in [2.45, 2.75) is 6.18 Å².